The Bertz CT molecular complexity index is 858. The van der Waals surface area contributed by atoms with Crippen LogP contribution in [0.25, 0.3) is 11.1 Å². The predicted molar refractivity (Wildman–Crippen MR) is 92.7 cm³/mol. The molecule has 1 heterocycles. The van der Waals surface area contributed by atoms with Gasteiger partial charge in [0.2, 0.25) is 5.78 Å². The van der Waals surface area contributed by atoms with E-state index < -0.39 is 0 Å². The molecule has 0 saturated carbocycles. The summed E-state index contributed by atoms with van der Waals surface area (Å²) in [7, 11) is 0. The van der Waals surface area contributed by atoms with Crippen LogP contribution >= 0.6 is 11.3 Å². The van der Waals surface area contributed by atoms with Gasteiger partial charge in [-0.3, -0.25) is 9.59 Å². The fourth-order valence-corrected chi connectivity index (χ4v) is 3.74. The Labute approximate surface area is 137 Å². The molecule has 0 atom stereocenters. The van der Waals surface area contributed by atoms with Crippen LogP contribution in [0.4, 0.5) is 0 Å². The van der Waals surface area contributed by atoms with Gasteiger partial charge in [-0.15, -0.1) is 11.3 Å². The zero-order valence-electron chi connectivity index (χ0n) is 12.2. The number of Topliss-reactive ketones (excluding diaryl/α,β-unsaturated/α-hetero) is 2. The third-order valence-corrected chi connectivity index (χ3v) is 4.86. The maximum Gasteiger partial charge on any atom is 0.205 e. The molecule has 3 heteroatoms. The number of hydrogen-bond donors (Lipinski definition) is 0. The minimum Gasteiger partial charge on any atom is -0.289 e. The van der Waals surface area contributed by atoms with Crippen LogP contribution in [0.5, 0.6) is 0 Å². The number of benzene rings is 2. The molecule has 110 valence electrons. The number of rotatable bonds is 2. The van der Waals surface area contributed by atoms with Gasteiger partial charge in [0.25, 0.3) is 0 Å². The summed E-state index contributed by atoms with van der Waals surface area (Å²) in [5.74, 6) is -0.148. The lowest BCUT2D eigenvalue weighted by atomic mass is 9.82. The molecule has 0 bridgehead atoms. The first-order valence-corrected chi connectivity index (χ1v) is 8.17. The molecule has 0 radical (unpaired) electrons. The third-order valence-electron chi connectivity index (χ3n) is 3.95. The third kappa shape index (κ3) is 2.17. The molecule has 2 aromatic carbocycles. The predicted octanol–water partition coefficient (Wildman–Crippen LogP) is 4.74. The highest BCUT2D eigenvalue weighted by Gasteiger charge is 2.34. The molecular weight excluding hydrogens is 304 g/mol. The van der Waals surface area contributed by atoms with E-state index in [0.29, 0.717) is 21.6 Å². The Morgan fingerprint density at radius 1 is 0.609 bits per heavy atom. The molecule has 0 fully saturated rings. The number of hydrogen-bond acceptors (Lipinski definition) is 3. The monoisotopic (exact) mass is 316 g/mol. The zero-order valence-corrected chi connectivity index (χ0v) is 13.0. The molecule has 1 aromatic heterocycles. The first-order chi connectivity index (χ1) is 11.3. The molecule has 0 unspecified atom stereocenters. The van der Waals surface area contributed by atoms with Crippen molar-refractivity contribution < 1.29 is 9.59 Å². The van der Waals surface area contributed by atoms with Crippen molar-refractivity contribution in [3.8, 4) is 0 Å². The highest BCUT2D eigenvalue weighted by molar-refractivity contribution is 7.13. The Kier molecular flexibility index (Phi) is 3.28. The van der Waals surface area contributed by atoms with Crippen molar-refractivity contribution in [3.05, 3.63) is 93.7 Å². The van der Waals surface area contributed by atoms with E-state index in [-0.39, 0.29) is 11.6 Å². The Morgan fingerprint density at radius 2 is 1.13 bits per heavy atom. The second-order valence-corrected chi connectivity index (χ2v) is 6.22. The SMILES string of the molecule is O=C1C(c2ccccc2)=C(c2ccccc2)C(=O)c2sccc21. The number of carbonyl (C=O) groups is 2. The largest absolute Gasteiger partial charge is 0.289 e. The summed E-state index contributed by atoms with van der Waals surface area (Å²) in [6.45, 7) is 0. The van der Waals surface area contributed by atoms with E-state index in [1.165, 1.54) is 11.3 Å². The summed E-state index contributed by atoms with van der Waals surface area (Å²) in [5, 5.41) is 1.80. The zero-order chi connectivity index (χ0) is 15.8. The molecule has 2 nitrogen and oxygen atoms in total. The average molecular weight is 316 g/mol. The molecule has 0 spiro atoms. The molecule has 3 aromatic rings. The summed E-state index contributed by atoms with van der Waals surface area (Å²) in [6, 6.07) is 20.6. The smallest absolute Gasteiger partial charge is 0.205 e. The second kappa shape index (κ2) is 5.45. The van der Waals surface area contributed by atoms with Gasteiger partial charge in [0, 0.05) is 16.7 Å². The van der Waals surface area contributed by atoms with Crippen LogP contribution in [0.3, 0.4) is 0 Å². The number of thiophene rings is 1. The van der Waals surface area contributed by atoms with E-state index in [1.807, 2.05) is 60.7 Å². The van der Waals surface area contributed by atoms with Crippen molar-refractivity contribution in [1.29, 1.82) is 0 Å². The summed E-state index contributed by atoms with van der Waals surface area (Å²) in [5.41, 5.74) is 3.06. The van der Waals surface area contributed by atoms with E-state index in [2.05, 4.69) is 0 Å². The van der Waals surface area contributed by atoms with Crippen molar-refractivity contribution in [1.82, 2.24) is 0 Å². The van der Waals surface area contributed by atoms with Crippen molar-refractivity contribution in [2.24, 2.45) is 0 Å². The molecular formula is C20H12O2S. The van der Waals surface area contributed by atoms with Gasteiger partial charge in [0.1, 0.15) is 0 Å². The molecule has 4 rings (SSSR count). The number of ketones is 2. The number of carbonyl (C=O) groups excluding carboxylic acids is 2. The normalized spacial score (nSPS) is 14.1. The molecule has 23 heavy (non-hydrogen) atoms. The Balaban J connectivity index is 2.05. The maximum absolute atomic E-state index is 13.0. The average Bonchev–Trinajstić information content (AvgIpc) is 3.10. The van der Waals surface area contributed by atoms with Crippen molar-refractivity contribution in [2.45, 2.75) is 0 Å². The van der Waals surface area contributed by atoms with Gasteiger partial charge < -0.3 is 0 Å². The number of allylic oxidation sites excluding steroid dienone is 2. The molecule has 1 aliphatic rings. The van der Waals surface area contributed by atoms with E-state index >= 15 is 0 Å². The summed E-state index contributed by atoms with van der Waals surface area (Å²) < 4.78 is 0. The van der Waals surface area contributed by atoms with Crippen LogP contribution in [0.1, 0.15) is 31.2 Å². The fourth-order valence-electron chi connectivity index (χ4n) is 2.90. The van der Waals surface area contributed by atoms with E-state index in [0.717, 1.165) is 11.1 Å². The summed E-state index contributed by atoms with van der Waals surface area (Å²) >= 11 is 1.33. The standard InChI is InChI=1S/C20H12O2S/c21-18-15-11-12-23-20(15)19(22)17(14-9-5-2-6-10-14)16(18)13-7-3-1-4-8-13/h1-12H. The van der Waals surface area contributed by atoms with Crippen LogP contribution in [-0.2, 0) is 0 Å². The van der Waals surface area contributed by atoms with E-state index in [9.17, 15) is 9.59 Å². The van der Waals surface area contributed by atoms with Gasteiger partial charge in [0.15, 0.2) is 5.78 Å². The molecule has 0 saturated heterocycles. The van der Waals surface area contributed by atoms with Crippen molar-refractivity contribution in [2.75, 3.05) is 0 Å². The fraction of sp³-hybridized carbons (Fsp3) is 0. The van der Waals surface area contributed by atoms with Crippen LogP contribution in [0, 0.1) is 0 Å². The first kappa shape index (κ1) is 13.9. The quantitative estimate of drug-likeness (QED) is 0.684. The van der Waals surface area contributed by atoms with Crippen LogP contribution in [0.2, 0.25) is 0 Å². The van der Waals surface area contributed by atoms with E-state index in [1.54, 1.807) is 11.4 Å². The van der Waals surface area contributed by atoms with Gasteiger partial charge in [-0.2, -0.15) is 0 Å². The lowest BCUT2D eigenvalue weighted by Gasteiger charge is -2.19. The molecule has 0 amide bonds. The Hall–Kier alpha value is -2.78. The second-order valence-electron chi connectivity index (χ2n) is 5.30. The molecule has 1 aliphatic carbocycles. The lowest BCUT2D eigenvalue weighted by Crippen LogP contribution is -2.18. The topological polar surface area (TPSA) is 34.1 Å². The van der Waals surface area contributed by atoms with Crippen LogP contribution in [-0.4, -0.2) is 11.6 Å². The van der Waals surface area contributed by atoms with Crippen LogP contribution < -0.4 is 0 Å². The summed E-state index contributed by atoms with van der Waals surface area (Å²) in [6.07, 6.45) is 0. The highest BCUT2D eigenvalue weighted by Crippen LogP contribution is 2.39. The van der Waals surface area contributed by atoms with E-state index in [4.69, 9.17) is 0 Å². The van der Waals surface area contributed by atoms with Crippen LogP contribution in [0.15, 0.2) is 72.1 Å². The Morgan fingerprint density at radius 3 is 1.70 bits per heavy atom. The van der Waals surface area contributed by atoms with Gasteiger partial charge in [-0.1, -0.05) is 60.7 Å². The molecule has 0 N–H and O–H groups in total. The van der Waals surface area contributed by atoms with Crippen molar-refractivity contribution in [3.63, 3.8) is 0 Å². The lowest BCUT2D eigenvalue weighted by molar-refractivity contribution is 0.101. The molecule has 0 aliphatic heterocycles. The maximum atomic E-state index is 13.0. The highest BCUT2D eigenvalue weighted by atomic mass is 32.1. The van der Waals surface area contributed by atoms with Crippen molar-refractivity contribution >= 4 is 34.0 Å². The number of fused-ring (bicyclic) bond motifs is 1. The summed E-state index contributed by atoms with van der Waals surface area (Å²) in [4.78, 5) is 26.5. The first-order valence-electron chi connectivity index (χ1n) is 7.29. The minimum atomic E-state index is -0.0779. The van der Waals surface area contributed by atoms with Gasteiger partial charge in [-0.05, 0) is 22.6 Å². The van der Waals surface area contributed by atoms with Gasteiger partial charge in [-0.25, -0.2) is 0 Å². The van der Waals surface area contributed by atoms with Gasteiger partial charge in [0.05, 0.1) is 4.88 Å². The van der Waals surface area contributed by atoms with Gasteiger partial charge >= 0.3 is 0 Å². The minimum absolute atomic E-state index is 0.0698.